The van der Waals surface area contributed by atoms with Gasteiger partial charge in [-0.15, -0.1) is 35.7 Å². The highest BCUT2D eigenvalue weighted by atomic mass is 127. The van der Waals surface area contributed by atoms with Gasteiger partial charge >= 0.3 is 0 Å². The van der Waals surface area contributed by atoms with Crippen LogP contribution in [0.1, 0.15) is 35.0 Å². The molecule has 0 bridgehead atoms. The number of aryl methyl sites for hydroxylation is 3. The van der Waals surface area contributed by atoms with Crippen LogP contribution in [-0.2, 0) is 13.1 Å². The Morgan fingerprint density at radius 3 is 2.52 bits per heavy atom. The number of benzene rings is 1. The molecule has 8 heteroatoms. The van der Waals surface area contributed by atoms with Gasteiger partial charge in [-0.25, -0.2) is 14.7 Å². The van der Waals surface area contributed by atoms with E-state index in [1.807, 2.05) is 36.9 Å². The first-order valence-electron chi connectivity index (χ1n) is 10.1. The molecule has 0 saturated heterocycles. The number of aromatic nitrogens is 3. The van der Waals surface area contributed by atoms with Gasteiger partial charge in [-0.2, -0.15) is 5.10 Å². The van der Waals surface area contributed by atoms with Gasteiger partial charge in [0.15, 0.2) is 11.8 Å². The van der Waals surface area contributed by atoms with Crippen molar-refractivity contribution in [1.82, 2.24) is 25.4 Å². The second kappa shape index (κ2) is 12.1. The second-order valence-corrected chi connectivity index (χ2v) is 8.08. The standard InChI is InChI=1S/C23H30N6S.HI/c1-6-24-23(27-15-20-9-7-16(2)11-21(20)30-5)26-14-19-8-10-22(25-13-19)29-18(4)12-17(3)28-29;/h7-13H,6,14-15H2,1-5H3,(H2,24,26,27);1H. The molecule has 3 rings (SSSR count). The summed E-state index contributed by atoms with van der Waals surface area (Å²) in [6.45, 7) is 10.3. The molecule has 0 aliphatic heterocycles. The van der Waals surface area contributed by atoms with Gasteiger partial charge in [0, 0.05) is 29.9 Å². The molecule has 0 spiro atoms. The third kappa shape index (κ3) is 6.96. The van der Waals surface area contributed by atoms with E-state index in [9.17, 15) is 0 Å². The fraction of sp³-hybridized carbons (Fsp3) is 0.348. The summed E-state index contributed by atoms with van der Waals surface area (Å²) in [6.07, 6.45) is 3.98. The van der Waals surface area contributed by atoms with E-state index in [0.29, 0.717) is 6.54 Å². The molecule has 0 amide bonds. The minimum Gasteiger partial charge on any atom is -0.357 e. The number of thioether (sulfide) groups is 1. The number of hydrogen-bond donors (Lipinski definition) is 2. The Hall–Kier alpha value is -2.07. The molecular formula is C23H31IN6S. The minimum absolute atomic E-state index is 0. The van der Waals surface area contributed by atoms with Crippen LogP contribution in [0.2, 0.25) is 0 Å². The van der Waals surface area contributed by atoms with Gasteiger partial charge in [-0.05, 0) is 68.8 Å². The summed E-state index contributed by atoms with van der Waals surface area (Å²) in [5, 5.41) is 11.2. The average Bonchev–Trinajstić information content (AvgIpc) is 3.09. The van der Waals surface area contributed by atoms with Crippen LogP contribution in [0.5, 0.6) is 0 Å². The fourth-order valence-corrected chi connectivity index (χ4v) is 3.89. The van der Waals surface area contributed by atoms with Crippen molar-refractivity contribution in [2.45, 2.75) is 45.7 Å². The van der Waals surface area contributed by atoms with Gasteiger partial charge < -0.3 is 10.6 Å². The van der Waals surface area contributed by atoms with Gasteiger partial charge in [0.25, 0.3) is 0 Å². The predicted molar refractivity (Wildman–Crippen MR) is 141 cm³/mol. The molecule has 6 nitrogen and oxygen atoms in total. The summed E-state index contributed by atoms with van der Waals surface area (Å²) < 4.78 is 1.86. The monoisotopic (exact) mass is 550 g/mol. The molecule has 166 valence electrons. The number of guanidine groups is 1. The topological polar surface area (TPSA) is 67.1 Å². The third-order valence-corrected chi connectivity index (χ3v) is 5.51. The SMILES string of the molecule is CCNC(=NCc1ccc(-n2nc(C)cc2C)nc1)NCc1ccc(C)cc1SC.I. The number of nitrogens with zero attached hydrogens (tertiary/aromatic N) is 4. The largest absolute Gasteiger partial charge is 0.357 e. The van der Waals surface area contributed by atoms with Gasteiger partial charge in [-0.3, -0.25) is 0 Å². The second-order valence-electron chi connectivity index (χ2n) is 7.23. The Morgan fingerprint density at radius 1 is 1.10 bits per heavy atom. The summed E-state index contributed by atoms with van der Waals surface area (Å²) in [7, 11) is 0. The summed E-state index contributed by atoms with van der Waals surface area (Å²) in [5.41, 5.74) is 5.67. The lowest BCUT2D eigenvalue weighted by molar-refractivity contribution is 0.797. The van der Waals surface area contributed by atoms with Crippen molar-refractivity contribution < 1.29 is 0 Å². The normalized spacial score (nSPS) is 11.2. The van der Waals surface area contributed by atoms with Crippen LogP contribution in [0.15, 0.2) is 52.5 Å². The molecule has 0 aliphatic rings. The van der Waals surface area contributed by atoms with E-state index in [0.717, 1.165) is 41.8 Å². The zero-order chi connectivity index (χ0) is 21.5. The molecular weight excluding hydrogens is 519 g/mol. The van der Waals surface area contributed by atoms with E-state index in [4.69, 9.17) is 4.99 Å². The van der Waals surface area contributed by atoms with E-state index in [1.165, 1.54) is 16.0 Å². The zero-order valence-electron chi connectivity index (χ0n) is 18.8. The van der Waals surface area contributed by atoms with Crippen molar-refractivity contribution >= 4 is 41.7 Å². The van der Waals surface area contributed by atoms with Crippen molar-refractivity contribution in [3.05, 3.63) is 70.7 Å². The van der Waals surface area contributed by atoms with E-state index >= 15 is 0 Å². The minimum atomic E-state index is 0. The van der Waals surface area contributed by atoms with E-state index < -0.39 is 0 Å². The van der Waals surface area contributed by atoms with Crippen molar-refractivity contribution in [3.63, 3.8) is 0 Å². The summed E-state index contributed by atoms with van der Waals surface area (Å²) >= 11 is 1.77. The Morgan fingerprint density at radius 2 is 1.90 bits per heavy atom. The average molecular weight is 551 g/mol. The van der Waals surface area contributed by atoms with Crippen molar-refractivity contribution in [2.75, 3.05) is 12.8 Å². The Kier molecular flexibility index (Phi) is 9.83. The van der Waals surface area contributed by atoms with Gasteiger partial charge in [0.05, 0.1) is 12.2 Å². The maximum absolute atomic E-state index is 4.72. The maximum Gasteiger partial charge on any atom is 0.191 e. The lowest BCUT2D eigenvalue weighted by Gasteiger charge is -2.14. The third-order valence-electron chi connectivity index (χ3n) is 4.69. The molecule has 3 aromatic rings. The number of nitrogens with one attached hydrogen (secondary N) is 2. The molecule has 0 aliphatic carbocycles. The lowest BCUT2D eigenvalue weighted by atomic mass is 10.1. The quantitative estimate of drug-likeness (QED) is 0.192. The summed E-state index contributed by atoms with van der Waals surface area (Å²) in [6, 6.07) is 12.6. The van der Waals surface area contributed by atoms with Crippen LogP contribution in [-0.4, -0.2) is 33.5 Å². The zero-order valence-corrected chi connectivity index (χ0v) is 21.9. The fourth-order valence-electron chi connectivity index (χ4n) is 3.19. The van der Waals surface area contributed by atoms with Crippen molar-refractivity contribution in [2.24, 2.45) is 4.99 Å². The molecule has 1 aromatic carbocycles. The van der Waals surface area contributed by atoms with Crippen LogP contribution in [0, 0.1) is 20.8 Å². The first-order valence-corrected chi connectivity index (χ1v) is 11.4. The number of rotatable bonds is 7. The smallest absolute Gasteiger partial charge is 0.191 e. The number of halogens is 1. The number of hydrogen-bond acceptors (Lipinski definition) is 4. The molecule has 0 radical (unpaired) electrons. The summed E-state index contributed by atoms with van der Waals surface area (Å²) in [5.74, 6) is 1.62. The molecule has 2 N–H and O–H groups in total. The number of pyridine rings is 1. The highest BCUT2D eigenvalue weighted by molar-refractivity contribution is 14.0. The molecule has 0 saturated carbocycles. The molecule has 0 unspecified atom stereocenters. The Bertz CT molecular complexity index is 1010. The number of aliphatic imine (C=N–C) groups is 1. The van der Waals surface area contributed by atoms with E-state index in [-0.39, 0.29) is 24.0 Å². The van der Waals surface area contributed by atoms with Crippen LogP contribution >= 0.6 is 35.7 Å². The van der Waals surface area contributed by atoms with Gasteiger partial charge in [0.2, 0.25) is 0 Å². The first kappa shape index (κ1) is 25.2. The Balaban J connectivity index is 0.00000341. The highest BCUT2D eigenvalue weighted by Gasteiger charge is 2.06. The molecule has 0 fully saturated rings. The predicted octanol–water partition coefficient (Wildman–Crippen LogP) is 4.79. The maximum atomic E-state index is 4.72. The van der Waals surface area contributed by atoms with E-state index in [2.05, 4.69) is 65.1 Å². The van der Waals surface area contributed by atoms with Crippen LogP contribution in [0.25, 0.3) is 5.82 Å². The summed E-state index contributed by atoms with van der Waals surface area (Å²) in [4.78, 5) is 10.6. The van der Waals surface area contributed by atoms with Crippen molar-refractivity contribution in [3.8, 4) is 5.82 Å². The molecule has 2 aromatic heterocycles. The molecule has 31 heavy (non-hydrogen) atoms. The van der Waals surface area contributed by atoms with Crippen LogP contribution in [0.4, 0.5) is 0 Å². The Labute approximate surface area is 206 Å². The van der Waals surface area contributed by atoms with E-state index in [1.54, 1.807) is 11.8 Å². The lowest BCUT2D eigenvalue weighted by Crippen LogP contribution is -2.36. The van der Waals surface area contributed by atoms with Crippen molar-refractivity contribution in [1.29, 1.82) is 0 Å². The van der Waals surface area contributed by atoms with Gasteiger partial charge in [0.1, 0.15) is 0 Å². The van der Waals surface area contributed by atoms with Crippen LogP contribution in [0.3, 0.4) is 0 Å². The first-order chi connectivity index (χ1) is 14.5. The molecule has 2 heterocycles. The molecule has 0 atom stereocenters. The van der Waals surface area contributed by atoms with Gasteiger partial charge in [-0.1, -0.05) is 18.2 Å². The van der Waals surface area contributed by atoms with Crippen LogP contribution < -0.4 is 10.6 Å². The highest BCUT2D eigenvalue weighted by Crippen LogP contribution is 2.21.